The Balaban J connectivity index is 2.19. The number of amides is 1. The van der Waals surface area contributed by atoms with Crippen molar-refractivity contribution in [3.05, 3.63) is 11.3 Å². The molecule has 0 bridgehead atoms. The first kappa shape index (κ1) is 14.3. The lowest BCUT2D eigenvalue weighted by molar-refractivity contribution is 0.0782. The number of likely N-dealkylation sites (N-methyl/N-ethyl adjacent to an activating group) is 1. The van der Waals surface area contributed by atoms with E-state index in [4.69, 9.17) is 0 Å². The van der Waals surface area contributed by atoms with E-state index in [0.717, 1.165) is 29.3 Å². The normalized spacial score (nSPS) is 23.2. The summed E-state index contributed by atoms with van der Waals surface area (Å²) in [5.41, 5.74) is 1.56. The van der Waals surface area contributed by atoms with E-state index < -0.39 is 0 Å². The minimum absolute atomic E-state index is 0.104. The lowest BCUT2D eigenvalue weighted by Crippen LogP contribution is -2.36. The molecular weight excluding hydrogens is 260 g/mol. The summed E-state index contributed by atoms with van der Waals surface area (Å²) >= 11 is 1.35. The minimum Gasteiger partial charge on any atom is -0.378 e. The lowest BCUT2D eigenvalue weighted by atomic mass is 10.1. The van der Waals surface area contributed by atoms with E-state index in [0.29, 0.717) is 12.0 Å². The van der Waals surface area contributed by atoms with E-state index in [-0.39, 0.29) is 5.91 Å². The molecule has 0 radical (unpaired) electrons. The van der Waals surface area contributed by atoms with Gasteiger partial charge in [0.1, 0.15) is 5.00 Å². The van der Waals surface area contributed by atoms with E-state index in [1.807, 2.05) is 18.9 Å². The van der Waals surface area contributed by atoms with Crippen molar-refractivity contribution in [1.82, 2.24) is 14.2 Å². The van der Waals surface area contributed by atoms with Gasteiger partial charge in [-0.1, -0.05) is 6.92 Å². The topological polar surface area (TPSA) is 48.5 Å². The van der Waals surface area contributed by atoms with Crippen LogP contribution in [0.1, 0.15) is 23.0 Å². The number of rotatable bonds is 3. The third kappa shape index (κ3) is 2.60. The number of aromatic nitrogens is 1. The molecule has 1 saturated heterocycles. The van der Waals surface area contributed by atoms with E-state index >= 15 is 0 Å². The summed E-state index contributed by atoms with van der Waals surface area (Å²) < 4.78 is 4.27. The lowest BCUT2D eigenvalue weighted by Gasteiger charge is -2.22. The largest absolute Gasteiger partial charge is 0.378 e. The number of aryl methyl sites for hydroxylation is 1. The first-order valence-corrected chi connectivity index (χ1v) is 7.32. The molecule has 0 unspecified atom stereocenters. The molecule has 5 nitrogen and oxygen atoms in total. The molecule has 6 heteroatoms. The van der Waals surface area contributed by atoms with E-state index in [1.165, 1.54) is 11.5 Å². The standard InChI is InChI=1S/C13H22N4OS/c1-8-6-17(7-10(8)16(4)5)13(18)11-9(2)15-19-12(11)14-3/h8,10,14H,6-7H2,1-5H3/t8-,10+/m0/s1. The molecule has 1 fully saturated rings. The maximum absolute atomic E-state index is 12.7. The second-order valence-electron chi connectivity index (χ2n) is 5.44. The van der Waals surface area contributed by atoms with Crippen LogP contribution in [0.25, 0.3) is 0 Å². The molecule has 1 aromatic rings. The van der Waals surface area contributed by atoms with Crippen LogP contribution in [0.5, 0.6) is 0 Å². The van der Waals surface area contributed by atoms with E-state index in [1.54, 1.807) is 0 Å². The van der Waals surface area contributed by atoms with Crippen LogP contribution in [-0.2, 0) is 0 Å². The van der Waals surface area contributed by atoms with Crippen molar-refractivity contribution in [1.29, 1.82) is 0 Å². The molecule has 0 spiro atoms. The van der Waals surface area contributed by atoms with Crippen molar-refractivity contribution < 1.29 is 4.79 Å². The zero-order valence-electron chi connectivity index (χ0n) is 12.2. The molecule has 2 heterocycles. The van der Waals surface area contributed by atoms with Crippen LogP contribution >= 0.6 is 11.5 Å². The van der Waals surface area contributed by atoms with Gasteiger partial charge in [-0.2, -0.15) is 4.37 Å². The Bertz CT molecular complexity index is 471. The zero-order valence-corrected chi connectivity index (χ0v) is 13.0. The summed E-state index contributed by atoms with van der Waals surface area (Å²) in [6.07, 6.45) is 0. The predicted octanol–water partition coefficient (Wildman–Crippen LogP) is 1.52. The highest BCUT2D eigenvalue weighted by atomic mass is 32.1. The van der Waals surface area contributed by atoms with Crippen molar-refractivity contribution in [2.75, 3.05) is 39.5 Å². The Labute approximate surface area is 118 Å². The van der Waals surface area contributed by atoms with Crippen molar-refractivity contribution in [3.8, 4) is 0 Å². The van der Waals surface area contributed by atoms with Gasteiger partial charge in [-0.25, -0.2) is 0 Å². The molecule has 1 amide bonds. The van der Waals surface area contributed by atoms with E-state index in [9.17, 15) is 4.79 Å². The van der Waals surface area contributed by atoms with Crippen molar-refractivity contribution in [2.24, 2.45) is 5.92 Å². The first-order chi connectivity index (χ1) is 8.95. The van der Waals surface area contributed by atoms with Gasteiger partial charge in [0.15, 0.2) is 0 Å². The summed E-state index contributed by atoms with van der Waals surface area (Å²) in [6, 6.07) is 0.439. The van der Waals surface area contributed by atoms with Gasteiger partial charge < -0.3 is 15.1 Å². The number of anilines is 1. The fourth-order valence-electron chi connectivity index (χ4n) is 2.74. The van der Waals surface area contributed by atoms with Crippen molar-refractivity contribution >= 4 is 22.4 Å². The van der Waals surface area contributed by atoms with Crippen LogP contribution in [0.3, 0.4) is 0 Å². The number of hydrogen-bond acceptors (Lipinski definition) is 5. The Morgan fingerprint density at radius 3 is 2.68 bits per heavy atom. The fourth-order valence-corrected chi connectivity index (χ4v) is 3.48. The van der Waals surface area contributed by atoms with Gasteiger partial charge in [0.25, 0.3) is 5.91 Å². The number of likely N-dealkylation sites (tertiary alicyclic amines) is 1. The molecular formula is C13H22N4OS. The van der Waals surface area contributed by atoms with Crippen LogP contribution in [-0.4, -0.2) is 60.4 Å². The van der Waals surface area contributed by atoms with Crippen LogP contribution in [0.4, 0.5) is 5.00 Å². The summed E-state index contributed by atoms with van der Waals surface area (Å²) in [5, 5.41) is 3.93. The molecule has 2 atom stereocenters. The van der Waals surface area contributed by atoms with Crippen LogP contribution in [0, 0.1) is 12.8 Å². The molecule has 0 aliphatic carbocycles. The Hall–Kier alpha value is -1.14. The monoisotopic (exact) mass is 282 g/mol. The molecule has 19 heavy (non-hydrogen) atoms. The van der Waals surface area contributed by atoms with Crippen LogP contribution < -0.4 is 5.32 Å². The van der Waals surface area contributed by atoms with Crippen molar-refractivity contribution in [2.45, 2.75) is 19.9 Å². The van der Waals surface area contributed by atoms with E-state index in [2.05, 4.69) is 35.6 Å². The molecule has 2 rings (SSSR count). The highest BCUT2D eigenvalue weighted by Crippen LogP contribution is 2.28. The molecule has 1 N–H and O–H groups in total. The van der Waals surface area contributed by atoms with Crippen molar-refractivity contribution in [3.63, 3.8) is 0 Å². The van der Waals surface area contributed by atoms with Gasteiger partial charge in [-0.15, -0.1) is 0 Å². The summed E-state index contributed by atoms with van der Waals surface area (Å²) in [6.45, 7) is 5.72. The number of nitrogens with zero attached hydrogens (tertiary/aromatic N) is 3. The van der Waals surface area contributed by atoms with Gasteiger partial charge in [-0.3, -0.25) is 4.79 Å². The number of carbonyl (C=O) groups excluding carboxylic acids is 1. The number of nitrogens with one attached hydrogen (secondary N) is 1. The van der Waals surface area contributed by atoms with Crippen LogP contribution in [0.2, 0.25) is 0 Å². The summed E-state index contributed by atoms with van der Waals surface area (Å²) in [5.74, 6) is 0.607. The Morgan fingerprint density at radius 2 is 2.16 bits per heavy atom. The first-order valence-electron chi connectivity index (χ1n) is 6.55. The highest BCUT2D eigenvalue weighted by Gasteiger charge is 2.35. The SMILES string of the molecule is CNc1snc(C)c1C(=O)N1C[C@@H](N(C)C)[C@@H](C)C1. The maximum Gasteiger partial charge on any atom is 0.258 e. The average Bonchev–Trinajstić information content (AvgIpc) is 2.91. The highest BCUT2D eigenvalue weighted by molar-refractivity contribution is 7.10. The van der Waals surface area contributed by atoms with Gasteiger partial charge in [-0.05, 0) is 38.5 Å². The number of carbonyl (C=O) groups is 1. The molecule has 0 saturated carbocycles. The average molecular weight is 282 g/mol. The number of hydrogen-bond donors (Lipinski definition) is 1. The third-order valence-electron chi connectivity index (χ3n) is 3.83. The molecule has 1 aliphatic heterocycles. The van der Waals surface area contributed by atoms with Gasteiger partial charge in [0, 0.05) is 26.2 Å². The predicted molar refractivity (Wildman–Crippen MR) is 78.9 cm³/mol. The molecule has 106 valence electrons. The second kappa shape index (κ2) is 5.46. The smallest absolute Gasteiger partial charge is 0.258 e. The Kier molecular flexibility index (Phi) is 4.10. The molecule has 1 aliphatic rings. The summed E-state index contributed by atoms with van der Waals surface area (Å²) in [4.78, 5) is 16.8. The van der Waals surface area contributed by atoms with Gasteiger partial charge in [0.2, 0.25) is 0 Å². The second-order valence-corrected chi connectivity index (χ2v) is 6.21. The zero-order chi connectivity index (χ0) is 14.2. The third-order valence-corrected chi connectivity index (χ3v) is 4.78. The molecule has 1 aromatic heterocycles. The minimum atomic E-state index is 0.104. The van der Waals surface area contributed by atoms with Gasteiger partial charge in [0.05, 0.1) is 11.3 Å². The van der Waals surface area contributed by atoms with Crippen LogP contribution in [0.15, 0.2) is 0 Å². The molecule has 0 aromatic carbocycles. The van der Waals surface area contributed by atoms with Gasteiger partial charge >= 0.3 is 0 Å². The maximum atomic E-state index is 12.7. The Morgan fingerprint density at radius 1 is 1.47 bits per heavy atom. The summed E-state index contributed by atoms with van der Waals surface area (Å²) in [7, 11) is 5.98. The quantitative estimate of drug-likeness (QED) is 0.913. The fraction of sp³-hybridized carbons (Fsp3) is 0.692.